The lowest BCUT2D eigenvalue weighted by Gasteiger charge is -2.26. The molecule has 3 rings (SSSR count). The van der Waals surface area contributed by atoms with E-state index >= 15 is 0 Å². The molecule has 4 heteroatoms. The fraction of sp³-hybridized carbons (Fsp3) is 0.316. The predicted molar refractivity (Wildman–Crippen MR) is 86.9 cm³/mol. The van der Waals surface area contributed by atoms with Gasteiger partial charge in [-0.2, -0.15) is 0 Å². The Morgan fingerprint density at radius 2 is 2.13 bits per heavy atom. The Labute approximate surface area is 135 Å². The Bertz CT molecular complexity index is 714. The molecular weight excluding hydrogens is 293 g/mol. The highest BCUT2D eigenvalue weighted by molar-refractivity contribution is 5.79. The van der Waals surface area contributed by atoms with Crippen LogP contribution in [0.2, 0.25) is 0 Å². The van der Waals surface area contributed by atoms with E-state index in [2.05, 4.69) is 17.4 Å². The van der Waals surface area contributed by atoms with Gasteiger partial charge in [-0.15, -0.1) is 0 Å². The third-order valence-corrected chi connectivity index (χ3v) is 4.29. The first-order chi connectivity index (χ1) is 11.2. The second-order valence-electron chi connectivity index (χ2n) is 5.86. The molecule has 3 nitrogen and oxygen atoms in total. The van der Waals surface area contributed by atoms with Crippen LogP contribution in [0.3, 0.4) is 0 Å². The minimum Gasteiger partial charge on any atom is -0.494 e. The van der Waals surface area contributed by atoms with E-state index in [9.17, 15) is 9.18 Å². The standard InChI is InChI=1S/C19H20FNO2/c1-23-18-10-9-13(11-16(18)20)12-19(22)21-17-8-4-6-14-5-2-3-7-15(14)17/h2-3,5,7,9-11,17H,4,6,8,12H2,1H3,(H,21,22)/t17-/m0/s1. The molecule has 0 radical (unpaired) electrons. The molecule has 1 aliphatic carbocycles. The van der Waals surface area contributed by atoms with Crippen LogP contribution in [-0.4, -0.2) is 13.0 Å². The van der Waals surface area contributed by atoms with Crippen molar-refractivity contribution in [1.29, 1.82) is 0 Å². The molecule has 0 fully saturated rings. The Kier molecular flexibility index (Phi) is 4.60. The molecule has 0 bridgehead atoms. The normalized spacial score (nSPS) is 16.5. The molecule has 120 valence electrons. The van der Waals surface area contributed by atoms with Gasteiger partial charge in [0.05, 0.1) is 19.6 Å². The van der Waals surface area contributed by atoms with Gasteiger partial charge in [0.25, 0.3) is 0 Å². The highest BCUT2D eigenvalue weighted by atomic mass is 19.1. The average Bonchev–Trinajstić information content (AvgIpc) is 2.55. The number of hydrogen-bond acceptors (Lipinski definition) is 2. The number of halogens is 1. The molecule has 1 atom stereocenters. The van der Waals surface area contributed by atoms with E-state index < -0.39 is 5.82 Å². The van der Waals surface area contributed by atoms with Crippen LogP contribution >= 0.6 is 0 Å². The quantitative estimate of drug-likeness (QED) is 0.937. The molecule has 2 aromatic rings. The molecular formula is C19H20FNO2. The number of benzene rings is 2. The molecule has 0 aliphatic heterocycles. The molecule has 0 aromatic heterocycles. The van der Waals surface area contributed by atoms with Crippen LogP contribution in [0.25, 0.3) is 0 Å². The topological polar surface area (TPSA) is 38.3 Å². The highest BCUT2D eigenvalue weighted by Gasteiger charge is 2.21. The van der Waals surface area contributed by atoms with Crippen LogP contribution < -0.4 is 10.1 Å². The third-order valence-electron chi connectivity index (χ3n) is 4.29. The zero-order chi connectivity index (χ0) is 16.2. The number of fused-ring (bicyclic) bond motifs is 1. The van der Waals surface area contributed by atoms with Crippen LogP contribution in [0.15, 0.2) is 42.5 Å². The van der Waals surface area contributed by atoms with Crippen LogP contribution in [-0.2, 0) is 17.6 Å². The van der Waals surface area contributed by atoms with Gasteiger partial charge in [0.15, 0.2) is 11.6 Å². The molecule has 23 heavy (non-hydrogen) atoms. The summed E-state index contributed by atoms with van der Waals surface area (Å²) < 4.78 is 18.6. The van der Waals surface area contributed by atoms with Crippen molar-refractivity contribution in [3.05, 3.63) is 65.0 Å². The van der Waals surface area contributed by atoms with Crippen LogP contribution in [0.5, 0.6) is 5.75 Å². The predicted octanol–water partition coefficient (Wildman–Crippen LogP) is 3.57. The number of nitrogens with one attached hydrogen (secondary N) is 1. The summed E-state index contributed by atoms with van der Waals surface area (Å²) in [5, 5.41) is 3.08. The molecule has 1 aliphatic rings. The minimum atomic E-state index is -0.444. The van der Waals surface area contributed by atoms with Gasteiger partial charge >= 0.3 is 0 Å². The van der Waals surface area contributed by atoms with Gasteiger partial charge in [0.1, 0.15) is 0 Å². The fourth-order valence-electron chi connectivity index (χ4n) is 3.15. The molecule has 0 saturated heterocycles. The Morgan fingerprint density at radius 1 is 1.30 bits per heavy atom. The van der Waals surface area contributed by atoms with E-state index in [0.717, 1.165) is 19.3 Å². The number of carbonyl (C=O) groups is 1. The van der Waals surface area contributed by atoms with Crippen molar-refractivity contribution in [1.82, 2.24) is 5.32 Å². The minimum absolute atomic E-state index is 0.0514. The first-order valence-electron chi connectivity index (χ1n) is 7.87. The molecule has 0 heterocycles. The lowest BCUT2D eigenvalue weighted by Crippen LogP contribution is -2.32. The zero-order valence-electron chi connectivity index (χ0n) is 13.1. The molecule has 2 aromatic carbocycles. The number of carbonyl (C=O) groups excluding carboxylic acids is 1. The Morgan fingerprint density at radius 3 is 2.91 bits per heavy atom. The third kappa shape index (κ3) is 3.52. The van der Waals surface area contributed by atoms with E-state index in [-0.39, 0.29) is 24.1 Å². The zero-order valence-corrected chi connectivity index (χ0v) is 13.1. The monoisotopic (exact) mass is 313 g/mol. The second-order valence-corrected chi connectivity index (χ2v) is 5.86. The number of rotatable bonds is 4. The molecule has 1 amide bonds. The van der Waals surface area contributed by atoms with E-state index in [1.807, 2.05) is 12.1 Å². The molecule has 1 N–H and O–H groups in total. The maximum absolute atomic E-state index is 13.7. The number of ether oxygens (including phenoxy) is 1. The maximum atomic E-state index is 13.7. The van der Waals surface area contributed by atoms with E-state index in [0.29, 0.717) is 5.56 Å². The summed E-state index contributed by atoms with van der Waals surface area (Å²) in [6.45, 7) is 0. The van der Waals surface area contributed by atoms with Gasteiger partial charge in [0, 0.05) is 0 Å². The van der Waals surface area contributed by atoms with E-state index in [1.54, 1.807) is 12.1 Å². The van der Waals surface area contributed by atoms with Gasteiger partial charge in [0.2, 0.25) is 5.91 Å². The average molecular weight is 313 g/mol. The summed E-state index contributed by atoms with van der Waals surface area (Å²) in [6.07, 6.45) is 3.24. The van der Waals surface area contributed by atoms with E-state index in [4.69, 9.17) is 4.74 Å². The summed E-state index contributed by atoms with van der Waals surface area (Å²) >= 11 is 0. The fourth-order valence-corrected chi connectivity index (χ4v) is 3.15. The van der Waals surface area contributed by atoms with Crippen molar-refractivity contribution >= 4 is 5.91 Å². The number of methoxy groups -OCH3 is 1. The summed E-state index contributed by atoms with van der Waals surface area (Å²) in [6, 6.07) is 12.9. The van der Waals surface area contributed by atoms with Gasteiger partial charge < -0.3 is 10.1 Å². The van der Waals surface area contributed by atoms with Crippen LogP contribution in [0.4, 0.5) is 4.39 Å². The van der Waals surface area contributed by atoms with Crippen molar-refractivity contribution in [2.75, 3.05) is 7.11 Å². The maximum Gasteiger partial charge on any atom is 0.224 e. The summed E-state index contributed by atoms with van der Waals surface area (Å²) in [7, 11) is 1.42. The highest BCUT2D eigenvalue weighted by Crippen LogP contribution is 2.29. The van der Waals surface area contributed by atoms with E-state index in [1.165, 1.54) is 24.3 Å². The van der Waals surface area contributed by atoms with Gasteiger partial charge in [-0.1, -0.05) is 30.3 Å². The Balaban J connectivity index is 1.67. The van der Waals surface area contributed by atoms with Crippen molar-refractivity contribution in [2.24, 2.45) is 0 Å². The first-order valence-corrected chi connectivity index (χ1v) is 7.87. The summed E-state index contributed by atoms with van der Waals surface area (Å²) in [5.41, 5.74) is 3.15. The van der Waals surface area contributed by atoms with Crippen molar-refractivity contribution < 1.29 is 13.9 Å². The van der Waals surface area contributed by atoms with Gasteiger partial charge in [-0.3, -0.25) is 4.79 Å². The SMILES string of the molecule is COc1ccc(CC(=O)N[C@H]2CCCc3ccccc32)cc1F. The second kappa shape index (κ2) is 6.82. The lowest BCUT2D eigenvalue weighted by molar-refractivity contribution is -0.121. The van der Waals surface area contributed by atoms with Crippen LogP contribution in [0.1, 0.15) is 35.6 Å². The lowest BCUT2D eigenvalue weighted by atomic mass is 9.87. The smallest absolute Gasteiger partial charge is 0.224 e. The molecule has 0 spiro atoms. The van der Waals surface area contributed by atoms with Crippen LogP contribution in [0, 0.1) is 5.82 Å². The van der Waals surface area contributed by atoms with Crippen molar-refractivity contribution in [3.8, 4) is 5.75 Å². The number of hydrogen-bond donors (Lipinski definition) is 1. The van der Waals surface area contributed by atoms with Crippen molar-refractivity contribution in [2.45, 2.75) is 31.7 Å². The first kappa shape index (κ1) is 15.5. The molecule has 0 saturated carbocycles. The van der Waals surface area contributed by atoms with Gasteiger partial charge in [-0.25, -0.2) is 4.39 Å². The summed E-state index contributed by atoms with van der Waals surface area (Å²) in [4.78, 5) is 12.3. The number of amides is 1. The number of aryl methyl sites for hydroxylation is 1. The largest absolute Gasteiger partial charge is 0.494 e. The Hall–Kier alpha value is -2.36. The molecule has 0 unspecified atom stereocenters. The van der Waals surface area contributed by atoms with Gasteiger partial charge in [-0.05, 0) is 48.1 Å². The van der Waals surface area contributed by atoms with Crippen molar-refractivity contribution in [3.63, 3.8) is 0 Å². The summed E-state index contributed by atoms with van der Waals surface area (Å²) in [5.74, 6) is -0.340.